The van der Waals surface area contributed by atoms with Crippen molar-refractivity contribution in [1.29, 1.82) is 10.5 Å². The minimum atomic E-state index is -0.0575. The molecule has 3 nitrogen and oxygen atoms in total. The van der Waals surface area contributed by atoms with Gasteiger partial charge in [0.2, 0.25) is 0 Å². The summed E-state index contributed by atoms with van der Waals surface area (Å²) in [6.07, 6.45) is 3.43. The van der Waals surface area contributed by atoms with Crippen LogP contribution in [0, 0.1) is 22.7 Å². The number of nitriles is 2. The van der Waals surface area contributed by atoms with E-state index in [-0.39, 0.29) is 10.8 Å². The third kappa shape index (κ3) is 3.45. The van der Waals surface area contributed by atoms with Crippen molar-refractivity contribution in [3.8, 4) is 29.0 Å². The number of hydrogen-bond acceptors (Lipinski definition) is 3. The van der Waals surface area contributed by atoms with E-state index in [1.54, 1.807) is 0 Å². The van der Waals surface area contributed by atoms with Gasteiger partial charge in [-0.25, -0.2) is 0 Å². The SMILES string of the molecule is CC1(C)C2=Cc3sc4ccc(-c5c(C#N)cccc5-n5c6ccccc6c6cc(C#N)ccc65)cc4c3CC2(C)c2ccccc21. The van der Waals surface area contributed by atoms with Gasteiger partial charge >= 0.3 is 0 Å². The quantitative estimate of drug-likeness (QED) is 0.196. The number of nitrogens with zero attached hydrogens (tertiary/aromatic N) is 3. The summed E-state index contributed by atoms with van der Waals surface area (Å²) in [7, 11) is 0. The van der Waals surface area contributed by atoms with E-state index in [0.717, 1.165) is 45.0 Å². The molecule has 0 N–H and O–H groups in total. The maximum Gasteiger partial charge on any atom is 0.0998 e. The fourth-order valence-electron chi connectivity index (χ4n) is 8.55. The van der Waals surface area contributed by atoms with Gasteiger partial charge in [0.05, 0.1) is 40.0 Å². The molecule has 1 atom stereocenters. The highest BCUT2D eigenvalue weighted by molar-refractivity contribution is 7.20. The van der Waals surface area contributed by atoms with Crippen molar-refractivity contribution in [2.45, 2.75) is 38.0 Å². The van der Waals surface area contributed by atoms with E-state index < -0.39 is 0 Å². The van der Waals surface area contributed by atoms with Crippen LogP contribution < -0.4 is 0 Å². The second kappa shape index (κ2) is 9.30. The first-order chi connectivity index (χ1) is 22.3. The maximum absolute atomic E-state index is 10.4. The Morgan fingerprint density at radius 3 is 2.33 bits per heavy atom. The summed E-state index contributed by atoms with van der Waals surface area (Å²) in [5.74, 6) is 0. The lowest BCUT2D eigenvalue weighted by Gasteiger charge is -2.35. The fourth-order valence-corrected chi connectivity index (χ4v) is 9.70. The van der Waals surface area contributed by atoms with Crippen molar-refractivity contribution in [2.75, 3.05) is 0 Å². The van der Waals surface area contributed by atoms with Gasteiger partial charge in [0.15, 0.2) is 0 Å². The average molecular weight is 608 g/mol. The van der Waals surface area contributed by atoms with Gasteiger partial charge in [-0.05, 0) is 94.2 Å². The lowest BCUT2D eigenvalue weighted by atomic mass is 9.68. The van der Waals surface area contributed by atoms with Gasteiger partial charge in [0.25, 0.3) is 0 Å². The van der Waals surface area contributed by atoms with Crippen LogP contribution in [-0.2, 0) is 17.3 Å². The van der Waals surface area contributed by atoms with Crippen LogP contribution in [0.3, 0.4) is 0 Å². The van der Waals surface area contributed by atoms with Crippen molar-refractivity contribution in [3.05, 3.63) is 141 Å². The zero-order valence-electron chi connectivity index (χ0n) is 25.8. The molecular weight excluding hydrogens is 579 g/mol. The van der Waals surface area contributed by atoms with Crippen molar-refractivity contribution < 1.29 is 0 Å². The van der Waals surface area contributed by atoms with E-state index >= 15 is 0 Å². The van der Waals surface area contributed by atoms with Crippen molar-refractivity contribution in [2.24, 2.45) is 0 Å². The average Bonchev–Trinajstić information content (AvgIpc) is 3.66. The third-order valence-corrected chi connectivity index (χ3v) is 11.7. The lowest BCUT2D eigenvalue weighted by molar-refractivity contribution is 0.510. The summed E-state index contributed by atoms with van der Waals surface area (Å²) in [5, 5.41) is 23.5. The molecule has 0 radical (unpaired) electrons. The predicted octanol–water partition coefficient (Wildman–Crippen LogP) is 10.6. The molecule has 218 valence electrons. The molecule has 2 aliphatic rings. The van der Waals surface area contributed by atoms with Gasteiger partial charge < -0.3 is 4.57 Å². The lowest BCUT2D eigenvalue weighted by Crippen LogP contribution is -2.30. The van der Waals surface area contributed by atoms with E-state index in [2.05, 4.69) is 104 Å². The van der Waals surface area contributed by atoms with Crippen LogP contribution in [0.15, 0.2) is 109 Å². The molecule has 9 rings (SSSR count). The molecule has 2 aromatic heterocycles. The Morgan fingerprint density at radius 2 is 1.50 bits per heavy atom. The van der Waals surface area contributed by atoms with E-state index in [9.17, 15) is 10.5 Å². The highest BCUT2D eigenvalue weighted by atomic mass is 32.1. The molecule has 0 saturated carbocycles. The molecule has 0 fully saturated rings. The summed E-state index contributed by atoms with van der Waals surface area (Å²) < 4.78 is 3.53. The van der Waals surface area contributed by atoms with Crippen molar-refractivity contribution in [3.63, 3.8) is 0 Å². The molecule has 5 aromatic carbocycles. The van der Waals surface area contributed by atoms with Gasteiger partial charge in [0, 0.05) is 36.7 Å². The largest absolute Gasteiger partial charge is 0.309 e. The van der Waals surface area contributed by atoms with Gasteiger partial charge in [-0.3, -0.25) is 0 Å². The molecule has 4 heteroatoms. The number of rotatable bonds is 2. The first-order valence-corrected chi connectivity index (χ1v) is 16.5. The Kier molecular flexibility index (Phi) is 5.45. The van der Waals surface area contributed by atoms with E-state index in [1.807, 2.05) is 53.8 Å². The molecule has 2 heterocycles. The van der Waals surface area contributed by atoms with E-state index in [0.29, 0.717) is 11.1 Å². The second-order valence-corrected chi connectivity index (χ2v) is 14.5. The number of benzene rings is 5. The highest BCUT2D eigenvalue weighted by Crippen LogP contribution is 2.59. The van der Waals surface area contributed by atoms with Crippen LogP contribution in [0.25, 0.3) is 54.8 Å². The molecule has 0 aliphatic heterocycles. The Hall–Kier alpha value is -5.42. The summed E-state index contributed by atoms with van der Waals surface area (Å²) in [5.41, 5.74) is 12.0. The fraction of sp³-hybridized carbons (Fsp3) is 0.143. The first kappa shape index (κ1) is 26.9. The summed E-state index contributed by atoms with van der Waals surface area (Å²) >= 11 is 1.88. The topological polar surface area (TPSA) is 52.5 Å². The first-order valence-electron chi connectivity index (χ1n) is 15.7. The Bertz CT molecular complexity index is 2580. The van der Waals surface area contributed by atoms with Crippen LogP contribution in [0.2, 0.25) is 0 Å². The molecular formula is C42H29N3S. The van der Waals surface area contributed by atoms with Crippen LogP contribution in [-0.4, -0.2) is 4.57 Å². The smallest absolute Gasteiger partial charge is 0.0998 e. The monoisotopic (exact) mass is 607 g/mol. The highest BCUT2D eigenvalue weighted by Gasteiger charge is 2.51. The van der Waals surface area contributed by atoms with Crippen LogP contribution >= 0.6 is 11.3 Å². The molecule has 1 unspecified atom stereocenters. The van der Waals surface area contributed by atoms with Crippen LogP contribution in [0.1, 0.15) is 53.5 Å². The molecule has 2 aliphatic carbocycles. The molecule has 46 heavy (non-hydrogen) atoms. The maximum atomic E-state index is 10.4. The third-order valence-electron chi connectivity index (χ3n) is 10.6. The van der Waals surface area contributed by atoms with E-state index in [1.165, 1.54) is 37.2 Å². The van der Waals surface area contributed by atoms with Crippen molar-refractivity contribution >= 4 is 49.3 Å². The Balaban J connectivity index is 1.28. The number of thiophene rings is 1. The van der Waals surface area contributed by atoms with Crippen LogP contribution in [0.5, 0.6) is 0 Å². The standard InChI is InChI=1S/C42H29N3S/c1-41(2)32-11-5-6-12-33(32)42(3)22-31-30-20-26(16-18-37(30)46-38(31)21-39(41)42)40-27(24-44)9-8-14-36(40)45-34-13-7-4-10-28(34)29-19-25(23-43)15-17-35(29)45/h4-21H,22H2,1-3H3. The molecule has 0 saturated heterocycles. The summed E-state index contributed by atoms with van der Waals surface area (Å²) in [6.45, 7) is 7.16. The van der Waals surface area contributed by atoms with Gasteiger partial charge in [-0.1, -0.05) is 75.4 Å². The van der Waals surface area contributed by atoms with Crippen LogP contribution in [0.4, 0.5) is 0 Å². The molecule has 0 amide bonds. The van der Waals surface area contributed by atoms with Gasteiger partial charge in [0.1, 0.15) is 0 Å². The zero-order chi connectivity index (χ0) is 31.4. The summed E-state index contributed by atoms with van der Waals surface area (Å²) in [6, 6.07) is 40.7. The van der Waals surface area contributed by atoms with Crippen molar-refractivity contribution in [1.82, 2.24) is 4.57 Å². The number of aromatic nitrogens is 1. The minimum Gasteiger partial charge on any atom is -0.309 e. The minimum absolute atomic E-state index is 0.0126. The number of hydrogen-bond donors (Lipinski definition) is 0. The van der Waals surface area contributed by atoms with Gasteiger partial charge in [-0.2, -0.15) is 10.5 Å². The molecule has 7 aromatic rings. The zero-order valence-corrected chi connectivity index (χ0v) is 26.7. The number of allylic oxidation sites excluding steroid dienone is 1. The number of fused-ring (bicyclic) bond motifs is 9. The number of para-hydroxylation sites is 1. The van der Waals surface area contributed by atoms with Gasteiger partial charge in [-0.15, -0.1) is 11.3 Å². The Labute approximate surface area is 271 Å². The molecule has 0 bridgehead atoms. The van der Waals surface area contributed by atoms with E-state index in [4.69, 9.17) is 0 Å². The molecule has 0 spiro atoms. The second-order valence-electron chi connectivity index (χ2n) is 13.4. The predicted molar refractivity (Wildman–Crippen MR) is 190 cm³/mol. The Morgan fingerprint density at radius 1 is 0.717 bits per heavy atom. The summed E-state index contributed by atoms with van der Waals surface area (Å²) in [4.78, 5) is 1.35. The normalized spacial score (nSPS) is 17.7.